The van der Waals surface area contributed by atoms with Crippen molar-refractivity contribution in [1.82, 2.24) is 40.0 Å². The molecule has 4 aromatic carbocycles. The summed E-state index contributed by atoms with van der Waals surface area (Å²) in [4.78, 5) is 51.0. The van der Waals surface area contributed by atoms with E-state index in [1.54, 1.807) is 23.1 Å². The third kappa shape index (κ3) is 9.39. The van der Waals surface area contributed by atoms with E-state index in [1.165, 1.54) is 57.6 Å². The number of H-pyrrole nitrogens is 2. The molecule has 0 aliphatic heterocycles. The van der Waals surface area contributed by atoms with Crippen LogP contribution >= 0.6 is 15.9 Å². The SMILES string of the molecule is BrC1CCC1.O=C(Nc1ccc(-c2n[nH]c(=O)c3ccccc23)cc1)c1cnn(C2CCC2)c1.O=C(Nc1ccc(-c2nn(C(C3CC3)C3CC3)c(=O)c3ccccc23)cc1)c1cn[nH]c1. The summed E-state index contributed by atoms with van der Waals surface area (Å²) in [7, 11) is 0. The fourth-order valence-electron chi connectivity index (χ4n) is 8.49. The van der Waals surface area contributed by atoms with Crippen LogP contribution in [0.5, 0.6) is 0 Å². The average Bonchev–Trinajstić information content (AvgIpc) is 4.23. The number of hydrogen-bond acceptors (Lipinski definition) is 8. The molecule has 4 aliphatic carbocycles. The first-order chi connectivity index (χ1) is 32.3. The highest BCUT2D eigenvalue weighted by molar-refractivity contribution is 9.09. The molecule has 4 N–H and O–H groups in total. The van der Waals surface area contributed by atoms with Gasteiger partial charge >= 0.3 is 0 Å². The van der Waals surface area contributed by atoms with Gasteiger partial charge in [0.1, 0.15) is 0 Å². The van der Waals surface area contributed by atoms with E-state index in [0.717, 1.165) is 45.3 Å². The second kappa shape index (κ2) is 18.8. The van der Waals surface area contributed by atoms with Crippen molar-refractivity contribution in [3.8, 4) is 22.5 Å². The molecule has 0 radical (unpaired) electrons. The van der Waals surface area contributed by atoms with Gasteiger partial charge in [0, 0.05) is 50.5 Å². The number of alkyl halides is 1. The third-order valence-corrected chi connectivity index (χ3v) is 13.9. The molecule has 2 amide bonds. The van der Waals surface area contributed by atoms with Gasteiger partial charge in [0.15, 0.2) is 0 Å². The number of hydrogen-bond donors (Lipinski definition) is 4. The summed E-state index contributed by atoms with van der Waals surface area (Å²) < 4.78 is 3.66. The molecule has 0 unspecified atom stereocenters. The van der Waals surface area contributed by atoms with Crippen molar-refractivity contribution < 1.29 is 9.59 Å². The van der Waals surface area contributed by atoms with Gasteiger partial charge in [-0.3, -0.25) is 29.0 Å². The minimum atomic E-state index is -0.222. The molecule has 8 aromatic rings. The minimum absolute atomic E-state index is 0.0112. The van der Waals surface area contributed by atoms with Crippen molar-refractivity contribution in [3.63, 3.8) is 0 Å². The van der Waals surface area contributed by atoms with E-state index in [2.05, 4.69) is 52.1 Å². The Balaban J connectivity index is 0.000000141. The predicted octanol–water partition coefficient (Wildman–Crippen LogP) is 10.1. The molecule has 4 aliphatic rings. The Morgan fingerprint density at radius 3 is 1.73 bits per heavy atom. The summed E-state index contributed by atoms with van der Waals surface area (Å²) in [6.07, 6.45) is 18.9. The Hall–Kier alpha value is -7.00. The van der Waals surface area contributed by atoms with Crippen LogP contribution in [0.15, 0.2) is 131 Å². The molecule has 66 heavy (non-hydrogen) atoms. The number of carbonyl (C=O) groups excluding carboxylic acids is 2. The molecule has 4 aromatic heterocycles. The predicted molar refractivity (Wildman–Crippen MR) is 260 cm³/mol. The van der Waals surface area contributed by atoms with E-state index in [4.69, 9.17) is 5.10 Å². The number of rotatable bonds is 10. The highest BCUT2D eigenvalue weighted by atomic mass is 79.9. The standard InChI is InChI=1S/C25H23N5O2.C22H19N5O2.C4H7Br/c31-24(18-13-26-27-14-18)28-19-11-9-15(10-12-19)22-20-3-1-2-4-21(20)25(32)30(29-22)23(16-5-6-16)17-7-8-17;28-21(15-12-23-27(13-15)17-4-3-5-17)24-16-10-8-14(9-11-16)20-18-6-1-2-7-19(18)22(29)26-25-20;5-4-2-1-3-4/h1-4,9-14,16-17,23H,5-8H2,(H,26,27)(H,28,31);1-2,6-13,17H,3-5H2,(H,24,28)(H,26,29);4H,1-3H2. The maximum absolute atomic E-state index is 13.4. The molecule has 4 saturated carbocycles. The van der Waals surface area contributed by atoms with Gasteiger partial charge in [0.05, 0.1) is 57.8 Å². The molecular weight excluding hydrogens is 897 g/mol. The van der Waals surface area contributed by atoms with E-state index in [1.807, 2.05) is 102 Å². The van der Waals surface area contributed by atoms with E-state index < -0.39 is 0 Å². The van der Waals surface area contributed by atoms with Gasteiger partial charge in [-0.05, 0) is 106 Å². The van der Waals surface area contributed by atoms with Crippen LogP contribution < -0.4 is 21.8 Å². The second-order valence-electron chi connectivity index (χ2n) is 17.6. The number of carbonyl (C=O) groups is 2. The van der Waals surface area contributed by atoms with Crippen molar-refractivity contribution >= 4 is 60.7 Å². The second-order valence-corrected chi connectivity index (χ2v) is 18.9. The smallest absolute Gasteiger partial charge is 0.274 e. The Kier molecular flexibility index (Phi) is 12.3. The van der Waals surface area contributed by atoms with Crippen LogP contribution in [0.4, 0.5) is 11.4 Å². The van der Waals surface area contributed by atoms with E-state index in [9.17, 15) is 19.2 Å². The number of nitrogens with zero attached hydrogens (tertiary/aromatic N) is 6. The number of aromatic nitrogens is 8. The van der Waals surface area contributed by atoms with Crippen molar-refractivity contribution in [2.24, 2.45) is 11.8 Å². The number of benzene rings is 4. The molecule has 0 atom stereocenters. The van der Waals surface area contributed by atoms with Crippen LogP contribution in [0, 0.1) is 11.8 Å². The third-order valence-electron chi connectivity index (χ3n) is 13.0. The average molecular weight is 946 g/mol. The molecule has 0 spiro atoms. The summed E-state index contributed by atoms with van der Waals surface area (Å²) in [5.74, 6) is 0.737. The first kappa shape index (κ1) is 42.9. The fraction of sp³-hybridized carbons (Fsp3) is 0.294. The van der Waals surface area contributed by atoms with Crippen LogP contribution in [-0.2, 0) is 0 Å². The number of anilines is 2. The van der Waals surface area contributed by atoms with Gasteiger partial charge in [-0.1, -0.05) is 83.0 Å². The number of fused-ring (bicyclic) bond motifs is 2. The maximum atomic E-state index is 13.4. The number of nitrogens with one attached hydrogen (secondary N) is 4. The molecule has 0 saturated heterocycles. The number of halogens is 1. The molecule has 334 valence electrons. The van der Waals surface area contributed by atoms with E-state index >= 15 is 0 Å². The lowest BCUT2D eigenvalue weighted by Gasteiger charge is -2.25. The largest absolute Gasteiger partial charge is 0.322 e. The Morgan fingerprint density at radius 2 is 1.20 bits per heavy atom. The first-order valence-corrected chi connectivity index (χ1v) is 23.7. The highest BCUT2D eigenvalue weighted by Gasteiger charge is 2.44. The molecule has 4 fully saturated rings. The van der Waals surface area contributed by atoms with Gasteiger partial charge in [-0.15, -0.1) is 0 Å². The maximum Gasteiger partial charge on any atom is 0.274 e. The topological polar surface area (TPSA) is 185 Å². The zero-order valence-corrected chi connectivity index (χ0v) is 37.8. The van der Waals surface area contributed by atoms with Crippen LogP contribution in [0.25, 0.3) is 44.1 Å². The normalized spacial score (nSPS) is 15.8. The summed E-state index contributed by atoms with van der Waals surface area (Å²) in [5, 5.41) is 31.2. The Labute approximate surface area is 388 Å². The van der Waals surface area contributed by atoms with Crippen LogP contribution in [0.1, 0.15) is 97.0 Å². The lowest BCUT2D eigenvalue weighted by atomic mass is 9.93. The molecule has 0 bridgehead atoms. The molecular formula is C51H49BrN10O4. The highest BCUT2D eigenvalue weighted by Crippen LogP contribution is 2.51. The van der Waals surface area contributed by atoms with Gasteiger partial charge in [-0.2, -0.15) is 20.4 Å². The van der Waals surface area contributed by atoms with Gasteiger partial charge in [0.2, 0.25) is 0 Å². The van der Waals surface area contributed by atoms with E-state index in [-0.39, 0.29) is 29.0 Å². The van der Waals surface area contributed by atoms with Crippen LogP contribution in [0.2, 0.25) is 0 Å². The number of amides is 2. The molecule has 15 heteroatoms. The first-order valence-electron chi connectivity index (χ1n) is 22.8. The molecule has 4 heterocycles. The Bertz CT molecular complexity index is 3120. The molecule has 14 nitrogen and oxygen atoms in total. The van der Waals surface area contributed by atoms with Crippen molar-refractivity contribution in [2.45, 2.75) is 81.1 Å². The summed E-state index contributed by atoms with van der Waals surface area (Å²) >= 11 is 3.46. The minimum Gasteiger partial charge on any atom is -0.322 e. The van der Waals surface area contributed by atoms with Gasteiger partial charge in [0.25, 0.3) is 22.9 Å². The monoisotopic (exact) mass is 944 g/mol. The summed E-state index contributed by atoms with van der Waals surface area (Å²) in [5.41, 5.74) is 5.46. The van der Waals surface area contributed by atoms with Crippen molar-refractivity contribution in [2.75, 3.05) is 10.6 Å². The lowest BCUT2D eigenvalue weighted by molar-refractivity contribution is 0.101. The zero-order valence-electron chi connectivity index (χ0n) is 36.2. The Morgan fingerprint density at radius 1 is 0.652 bits per heavy atom. The summed E-state index contributed by atoms with van der Waals surface area (Å²) in [6.45, 7) is 0. The van der Waals surface area contributed by atoms with E-state index in [0.29, 0.717) is 56.8 Å². The molecule has 12 rings (SSSR count). The summed E-state index contributed by atoms with van der Waals surface area (Å²) in [6, 6.07) is 30.7. The lowest BCUT2D eigenvalue weighted by Crippen LogP contribution is -2.30. The fourth-order valence-corrected chi connectivity index (χ4v) is 9.13. The van der Waals surface area contributed by atoms with Gasteiger partial charge in [-0.25, -0.2) is 9.78 Å². The van der Waals surface area contributed by atoms with Crippen LogP contribution in [0.3, 0.4) is 0 Å². The zero-order chi connectivity index (χ0) is 45.1. The van der Waals surface area contributed by atoms with Crippen molar-refractivity contribution in [1.29, 1.82) is 0 Å². The van der Waals surface area contributed by atoms with Crippen molar-refractivity contribution in [3.05, 3.63) is 154 Å². The van der Waals surface area contributed by atoms with Crippen LogP contribution in [-0.4, -0.2) is 56.6 Å². The number of aromatic amines is 2. The quantitative estimate of drug-likeness (QED) is 0.0976. The van der Waals surface area contributed by atoms with Gasteiger partial charge < -0.3 is 10.6 Å².